The molecule has 0 saturated carbocycles. The highest BCUT2D eigenvalue weighted by molar-refractivity contribution is 7.89. The maximum absolute atomic E-state index is 13.1. The van der Waals surface area contributed by atoms with Crippen LogP contribution in [0.3, 0.4) is 0 Å². The number of hydrogen-bond donors (Lipinski definition) is 0. The molecule has 0 aliphatic carbocycles. The molecule has 9 heteroatoms. The standard InChI is InChI=1S/C20H18ClFN2O4S/c21-16-1-6-19-14(12-16)11-15(13-28-19)20(25)23-7-9-24(10-8-23)29(26,27)18-4-2-17(22)3-5-18/h1-6,11-12H,7-10,13H2. The van der Waals surface area contributed by atoms with E-state index >= 15 is 0 Å². The monoisotopic (exact) mass is 436 g/mol. The Morgan fingerprint density at radius 2 is 1.72 bits per heavy atom. The predicted octanol–water partition coefficient (Wildman–Crippen LogP) is 2.79. The van der Waals surface area contributed by atoms with Crippen LogP contribution in [0, 0.1) is 5.82 Å². The first-order valence-electron chi connectivity index (χ1n) is 9.02. The van der Waals surface area contributed by atoms with E-state index in [1.807, 2.05) is 0 Å². The van der Waals surface area contributed by atoms with Crippen molar-refractivity contribution in [2.75, 3.05) is 32.8 Å². The number of fused-ring (bicyclic) bond motifs is 1. The number of halogens is 2. The van der Waals surface area contributed by atoms with Gasteiger partial charge in [-0.1, -0.05) is 11.6 Å². The molecule has 2 aromatic rings. The van der Waals surface area contributed by atoms with Gasteiger partial charge in [0.2, 0.25) is 10.0 Å². The van der Waals surface area contributed by atoms with E-state index in [9.17, 15) is 17.6 Å². The van der Waals surface area contributed by atoms with Crippen molar-refractivity contribution < 1.29 is 22.3 Å². The minimum atomic E-state index is -3.72. The Kier molecular flexibility index (Phi) is 5.33. The van der Waals surface area contributed by atoms with Gasteiger partial charge in [0.25, 0.3) is 5.91 Å². The van der Waals surface area contributed by atoms with Gasteiger partial charge >= 0.3 is 0 Å². The lowest BCUT2D eigenvalue weighted by molar-refractivity contribution is -0.128. The largest absolute Gasteiger partial charge is 0.488 e. The Morgan fingerprint density at radius 3 is 2.41 bits per heavy atom. The van der Waals surface area contributed by atoms with Gasteiger partial charge in [0.05, 0.1) is 10.5 Å². The molecule has 0 bridgehead atoms. The Balaban J connectivity index is 1.44. The van der Waals surface area contributed by atoms with E-state index in [4.69, 9.17) is 16.3 Å². The smallest absolute Gasteiger partial charge is 0.253 e. The van der Waals surface area contributed by atoms with E-state index in [1.165, 1.54) is 16.4 Å². The highest BCUT2D eigenvalue weighted by atomic mass is 35.5. The number of rotatable bonds is 3. The van der Waals surface area contributed by atoms with Crippen molar-refractivity contribution in [1.29, 1.82) is 0 Å². The molecule has 2 aliphatic heterocycles. The molecule has 0 spiro atoms. The summed E-state index contributed by atoms with van der Waals surface area (Å²) in [5.74, 6) is -0.0131. The highest BCUT2D eigenvalue weighted by Crippen LogP contribution is 2.29. The molecular weight excluding hydrogens is 419 g/mol. The van der Waals surface area contributed by atoms with Crippen molar-refractivity contribution in [1.82, 2.24) is 9.21 Å². The SMILES string of the molecule is O=C(C1=Cc2cc(Cl)ccc2OC1)N1CCN(S(=O)(=O)c2ccc(F)cc2)CC1. The number of sulfonamides is 1. The maximum Gasteiger partial charge on any atom is 0.253 e. The molecule has 6 nitrogen and oxygen atoms in total. The van der Waals surface area contributed by atoms with E-state index in [-0.39, 0.29) is 43.6 Å². The minimum Gasteiger partial charge on any atom is -0.488 e. The quantitative estimate of drug-likeness (QED) is 0.742. The van der Waals surface area contributed by atoms with Crippen molar-refractivity contribution >= 4 is 33.6 Å². The molecule has 1 amide bonds. The number of nitrogens with zero attached hydrogens (tertiary/aromatic N) is 2. The third kappa shape index (κ3) is 4.01. The average Bonchev–Trinajstić information content (AvgIpc) is 2.73. The maximum atomic E-state index is 13.1. The molecule has 2 aromatic carbocycles. The summed E-state index contributed by atoms with van der Waals surface area (Å²) in [5.41, 5.74) is 1.24. The fourth-order valence-electron chi connectivity index (χ4n) is 3.36. The topological polar surface area (TPSA) is 66.9 Å². The number of hydrogen-bond acceptors (Lipinski definition) is 4. The van der Waals surface area contributed by atoms with Gasteiger partial charge in [-0.25, -0.2) is 12.8 Å². The molecule has 0 unspecified atom stereocenters. The van der Waals surface area contributed by atoms with Crippen LogP contribution in [0.1, 0.15) is 5.56 Å². The second kappa shape index (κ2) is 7.78. The lowest BCUT2D eigenvalue weighted by Gasteiger charge is -2.34. The first-order valence-corrected chi connectivity index (χ1v) is 10.8. The molecule has 1 fully saturated rings. The van der Waals surface area contributed by atoms with Gasteiger partial charge in [0, 0.05) is 36.8 Å². The van der Waals surface area contributed by atoms with Crippen LogP contribution in [0.4, 0.5) is 4.39 Å². The number of benzene rings is 2. The van der Waals surface area contributed by atoms with Crippen molar-refractivity contribution in [3.63, 3.8) is 0 Å². The molecule has 0 radical (unpaired) electrons. The summed E-state index contributed by atoms with van der Waals surface area (Å²) >= 11 is 6.01. The van der Waals surface area contributed by atoms with Crippen LogP contribution in [0.5, 0.6) is 5.75 Å². The normalized spacial score (nSPS) is 17.3. The number of piperazine rings is 1. The van der Waals surface area contributed by atoms with Gasteiger partial charge in [0.1, 0.15) is 18.2 Å². The average molecular weight is 437 g/mol. The van der Waals surface area contributed by atoms with Crippen molar-refractivity contribution in [3.8, 4) is 5.75 Å². The number of ether oxygens (including phenoxy) is 1. The van der Waals surface area contributed by atoms with Gasteiger partial charge in [-0.15, -0.1) is 0 Å². The summed E-state index contributed by atoms with van der Waals surface area (Å²) < 4.78 is 45.4. The fourth-order valence-corrected chi connectivity index (χ4v) is 4.96. The summed E-state index contributed by atoms with van der Waals surface area (Å²) in [4.78, 5) is 14.5. The highest BCUT2D eigenvalue weighted by Gasteiger charge is 2.31. The summed E-state index contributed by atoms with van der Waals surface area (Å²) in [5, 5.41) is 0.553. The number of carbonyl (C=O) groups is 1. The Labute approximate surface area is 173 Å². The van der Waals surface area contributed by atoms with Crippen LogP contribution in [0.25, 0.3) is 6.08 Å². The zero-order valence-corrected chi connectivity index (χ0v) is 16.9. The lowest BCUT2D eigenvalue weighted by Crippen LogP contribution is -2.51. The zero-order chi connectivity index (χ0) is 20.6. The molecule has 0 atom stereocenters. The van der Waals surface area contributed by atoms with Crippen LogP contribution in [0.2, 0.25) is 5.02 Å². The molecule has 152 valence electrons. The summed E-state index contributed by atoms with van der Waals surface area (Å²) in [6.45, 7) is 1.02. The van der Waals surface area contributed by atoms with E-state index < -0.39 is 15.8 Å². The van der Waals surface area contributed by atoms with E-state index in [1.54, 1.807) is 29.2 Å². The number of amides is 1. The molecule has 4 rings (SSSR count). The van der Waals surface area contributed by atoms with Gasteiger partial charge in [-0.2, -0.15) is 4.31 Å². The van der Waals surface area contributed by atoms with Crippen LogP contribution >= 0.6 is 11.6 Å². The second-order valence-electron chi connectivity index (χ2n) is 6.79. The Hall–Kier alpha value is -2.42. The molecule has 2 heterocycles. The first-order chi connectivity index (χ1) is 13.8. The van der Waals surface area contributed by atoms with Gasteiger partial charge < -0.3 is 9.64 Å². The number of carbonyl (C=O) groups excluding carboxylic acids is 1. The summed E-state index contributed by atoms with van der Waals surface area (Å²) in [6.07, 6.45) is 1.76. The first kappa shape index (κ1) is 19.9. The second-order valence-corrected chi connectivity index (χ2v) is 9.16. The molecule has 2 aliphatic rings. The van der Waals surface area contributed by atoms with Crippen LogP contribution in [-0.2, 0) is 14.8 Å². The Bertz CT molecular complexity index is 1080. The lowest BCUT2D eigenvalue weighted by atomic mass is 10.1. The van der Waals surface area contributed by atoms with E-state index in [0.717, 1.165) is 17.7 Å². The van der Waals surface area contributed by atoms with Gasteiger partial charge in [-0.3, -0.25) is 4.79 Å². The van der Waals surface area contributed by atoms with Crippen LogP contribution in [-0.4, -0.2) is 56.3 Å². The molecular formula is C20H18ClFN2O4S. The predicted molar refractivity (Wildman–Crippen MR) is 107 cm³/mol. The van der Waals surface area contributed by atoms with Crippen molar-refractivity contribution in [3.05, 3.63) is 64.4 Å². The summed E-state index contributed by atoms with van der Waals surface area (Å²) in [6, 6.07) is 9.94. The minimum absolute atomic E-state index is 0.0375. The summed E-state index contributed by atoms with van der Waals surface area (Å²) in [7, 11) is -3.72. The van der Waals surface area contributed by atoms with Crippen LogP contribution < -0.4 is 4.74 Å². The zero-order valence-electron chi connectivity index (χ0n) is 15.3. The molecule has 1 saturated heterocycles. The fraction of sp³-hybridized carbons (Fsp3) is 0.250. The van der Waals surface area contributed by atoms with Gasteiger partial charge in [-0.05, 0) is 48.5 Å². The Morgan fingerprint density at radius 1 is 1.03 bits per heavy atom. The van der Waals surface area contributed by atoms with Crippen molar-refractivity contribution in [2.45, 2.75) is 4.90 Å². The molecule has 0 N–H and O–H groups in total. The third-order valence-electron chi connectivity index (χ3n) is 4.94. The third-order valence-corrected chi connectivity index (χ3v) is 7.08. The molecule has 29 heavy (non-hydrogen) atoms. The van der Waals surface area contributed by atoms with Crippen LogP contribution in [0.15, 0.2) is 52.9 Å². The molecule has 0 aromatic heterocycles. The van der Waals surface area contributed by atoms with E-state index in [0.29, 0.717) is 16.3 Å². The van der Waals surface area contributed by atoms with Crippen molar-refractivity contribution in [2.24, 2.45) is 0 Å². The van der Waals surface area contributed by atoms with E-state index in [2.05, 4.69) is 0 Å². The van der Waals surface area contributed by atoms with Gasteiger partial charge in [0.15, 0.2) is 0 Å².